The third-order valence-electron chi connectivity index (χ3n) is 1.96. The van der Waals surface area contributed by atoms with E-state index in [1.807, 2.05) is 0 Å². The molecule has 0 unspecified atom stereocenters. The van der Waals surface area contributed by atoms with Crippen molar-refractivity contribution in [2.45, 2.75) is 0 Å². The summed E-state index contributed by atoms with van der Waals surface area (Å²) in [4.78, 5) is 23.3. The van der Waals surface area contributed by atoms with E-state index in [0.717, 1.165) is 0 Å². The highest BCUT2D eigenvalue weighted by molar-refractivity contribution is 6.33. The van der Waals surface area contributed by atoms with Crippen molar-refractivity contribution in [1.82, 2.24) is 15.0 Å². The minimum absolute atomic E-state index is 0.0485. The Bertz CT molecular complexity index is 560. The summed E-state index contributed by atoms with van der Waals surface area (Å²) < 4.78 is 0. The van der Waals surface area contributed by atoms with Crippen LogP contribution in [0.3, 0.4) is 0 Å². The van der Waals surface area contributed by atoms with Crippen LogP contribution >= 0.6 is 11.6 Å². The largest absolute Gasteiger partial charge is 0.382 e. The van der Waals surface area contributed by atoms with Crippen molar-refractivity contribution >= 4 is 29.0 Å². The lowest BCUT2D eigenvalue weighted by atomic mass is 10.3. The lowest BCUT2D eigenvalue weighted by molar-refractivity contribution is 0.102. The van der Waals surface area contributed by atoms with Crippen LogP contribution in [0.25, 0.3) is 0 Å². The van der Waals surface area contributed by atoms with Gasteiger partial charge in [0.05, 0.1) is 16.9 Å². The third kappa shape index (κ3) is 2.48. The Morgan fingerprint density at radius 2 is 2.06 bits per heavy atom. The number of nitrogens with one attached hydrogen (secondary N) is 1. The lowest BCUT2D eigenvalue weighted by Crippen LogP contribution is -2.16. The first-order valence-electron chi connectivity index (χ1n) is 4.66. The van der Waals surface area contributed by atoms with Crippen molar-refractivity contribution in [3.8, 4) is 0 Å². The first-order valence-corrected chi connectivity index (χ1v) is 5.03. The molecule has 2 aromatic heterocycles. The number of aromatic nitrogens is 3. The maximum absolute atomic E-state index is 11.8. The summed E-state index contributed by atoms with van der Waals surface area (Å²) in [6, 6.07) is 1.57. The molecule has 0 fully saturated rings. The van der Waals surface area contributed by atoms with E-state index >= 15 is 0 Å². The molecule has 6 nitrogen and oxygen atoms in total. The van der Waals surface area contributed by atoms with E-state index in [4.69, 9.17) is 17.3 Å². The third-order valence-corrected chi connectivity index (χ3v) is 2.29. The summed E-state index contributed by atoms with van der Waals surface area (Å²) >= 11 is 5.87. The van der Waals surface area contributed by atoms with E-state index < -0.39 is 5.91 Å². The SMILES string of the molecule is Nc1nccnc1C(=O)Nc1cnccc1Cl. The molecule has 17 heavy (non-hydrogen) atoms. The second-order valence-corrected chi connectivity index (χ2v) is 3.51. The maximum Gasteiger partial charge on any atom is 0.278 e. The number of nitrogens with zero attached hydrogens (tertiary/aromatic N) is 3. The summed E-state index contributed by atoms with van der Waals surface area (Å²) in [5.74, 6) is -0.421. The first-order chi connectivity index (χ1) is 8.18. The van der Waals surface area contributed by atoms with Gasteiger partial charge in [0.1, 0.15) is 0 Å². The zero-order valence-corrected chi connectivity index (χ0v) is 9.35. The van der Waals surface area contributed by atoms with Gasteiger partial charge in [-0.2, -0.15) is 0 Å². The second kappa shape index (κ2) is 4.75. The van der Waals surface area contributed by atoms with Crippen molar-refractivity contribution in [2.24, 2.45) is 0 Å². The molecule has 0 atom stereocenters. The number of pyridine rings is 1. The molecule has 0 aliphatic rings. The van der Waals surface area contributed by atoms with E-state index in [2.05, 4.69) is 20.3 Å². The summed E-state index contributed by atoms with van der Waals surface area (Å²) in [6.07, 6.45) is 5.75. The summed E-state index contributed by atoms with van der Waals surface area (Å²) in [6.45, 7) is 0. The molecule has 1 amide bonds. The molecule has 3 N–H and O–H groups in total. The van der Waals surface area contributed by atoms with Crippen LogP contribution in [-0.4, -0.2) is 20.9 Å². The Hall–Kier alpha value is -2.21. The van der Waals surface area contributed by atoms with Crippen LogP contribution < -0.4 is 11.1 Å². The van der Waals surface area contributed by atoms with Gasteiger partial charge >= 0.3 is 0 Å². The normalized spacial score (nSPS) is 9.94. The zero-order valence-electron chi connectivity index (χ0n) is 8.59. The molecule has 86 valence electrons. The number of anilines is 2. The second-order valence-electron chi connectivity index (χ2n) is 3.10. The number of amides is 1. The molecule has 0 aromatic carbocycles. The Kier molecular flexibility index (Phi) is 3.15. The van der Waals surface area contributed by atoms with Gasteiger partial charge in [-0.3, -0.25) is 9.78 Å². The van der Waals surface area contributed by atoms with Crippen molar-refractivity contribution in [3.63, 3.8) is 0 Å². The lowest BCUT2D eigenvalue weighted by Gasteiger charge is -2.06. The predicted octanol–water partition coefficient (Wildman–Crippen LogP) is 1.36. The van der Waals surface area contributed by atoms with Gasteiger partial charge in [-0.1, -0.05) is 11.6 Å². The molecule has 0 bridgehead atoms. The smallest absolute Gasteiger partial charge is 0.278 e. The van der Waals surface area contributed by atoms with E-state index in [9.17, 15) is 4.79 Å². The Morgan fingerprint density at radius 1 is 1.29 bits per heavy atom. The van der Waals surface area contributed by atoms with Crippen LogP contribution in [0, 0.1) is 0 Å². The average molecular weight is 250 g/mol. The van der Waals surface area contributed by atoms with Gasteiger partial charge < -0.3 is 11.1 Å². The highest BCUT2D eigenvalue weighted by Crippen LogP contribution is 2.20. The molecule has 0 radical (unpaired) electrons. The van der Waals surface area contributed by atoms with Crippen LogP contribution in [0.15, 0.2) is 30.9 Å². The molecule has 0 saturated heterocycles. The van der Waals surface area contributed by atoms with Gasteiger partial charge in [-0.15, -0.1) is 0 Å². The van der Waals surface area contributed by atoms with Gasteiger partial charge in [0.15, 0.2) is 11.5 Å². The predicted molar refractivity (Wildman–Crippen MR) is 63.6 cm³/mol. The Labute approximate surface area is 102 Å². The van der Waals surface area contributed by atoms with Crippen molar-refractivity contribution in [2.75, 3.05) is 11.1 Å². The van der Waals surface area contributed by atoms with E-state index in [0.29, 0.717) is 10.7 Å². The molecule has 2 heterocycles. The quantitative estimate of drug-likeness (QED) is 0.838. The summed E-state index contributed by atoms with van der Waals surface area (Å²) in [5, 5.41) is 2.94. The zero-order chi connectivity index (χ0) is 12.3. The first kappa shape index (κ1) is 11.3. The van der Waals surface area contributed by atoms with E-state index in [1.165, 1.54) is 24.8 Å². The van der Waals surface area contributed by atoms with Crippen molar-refractivity contribution in [3.05, 3.63) is 41.6 Å². The molecule has 0 spiro atoms. The van der Waals surface area contributed by atoms with Crippen LogP contribution in [0.1, 0.15) is 10.5 Å². The van der Waals surface area contributed by atoms with Gasteiger partial charge in [-0.25, -0.2) is 9.97 Å². The number of rotatable bonds is 2. The highest BCUT2D eigenvalue weighted by Gasteiger charge is 2.13. The van der Waals surface area contributed by atoms with Crippen molar-refractivity contribution < 1.29 is 4.79 Å². The monoisotopic (exact) mass is 249 g/mol. The summed E-state index contributed by atoms with van der Waals surface area (Å²) in [5.41, 5.74) is 5.97. The minimum Gasteiger partial charge on any atom is -0.382 e. The van der Waals surface area contributed by atoms with Crippen molar-refractivity contribution in [1.29, 1.82) is 0 Å². The molecule has 2 rings (SSSR count). The van der Waals surface area contributed by atoms with Gasteiger partial charge in [0, 0.05) is 18.6 Å². The fourth-order valence-corrected chi connectivity index (χ4v) is 1.33. The number of hydrogen-bond donors (Lipinski definition) is 2. The van der Waals surface area contributed by atoms with Gasteiger partial charge in [-0.05, 0) is 6.07 Å². The van der Waals surface area contributed by atoms with Gasteiger partial charge in [0.25, 0.3) is 5.91 Å². The molecule has 7 heteroatoms. The van der Waals surface area contributed by atoms with Crippen LogP contribution in [0.2, 0.25) is 5.02 Å². The molecule has 0 aliphatic heterocycles. The molecular weight excluding hydrogens is 242 g/mol. The van der Waals surface area contributed by atoms with Gasteiger partial charge in [0.2, 0.25) is 0 Å². The maximum atomic E-state index is 11.8. The molecule has 0 saturated carbocycles. The highest BCUT2D eigenvalue weighted by atomic mass is 35.5. The minimum atomic E-state index is -0.481. The molecular formula is C10H8ClN5O. The van der Waals surface area contributed by atoms with Crippen LogP contribution in [0.5, 0.6) is 0 Å². The standard InChI is InChI=1S/C10H8ClN5O/c11-6-1-2-13-5-7(6)16-10(17)8-9(12)15-4-3-14-8/h1-5H,(H2,12,15)(H,16,17). The van der Waals surface area contributed by atoms with E-state index in [-0.39, 0.29) is 11.5 Å². The topological polar surface area (TPSA) is 93.8 Å². The average Bonchev–Trinajstić information content (AvgIpc) is 2.32. The Morgan fingerprint density at radius 3 is 2.76 bits per heavy atom. The fraction of sp³-hybridized carbons (Fsp3) is 0. The van der Waals surface area contributed by atoms with Crippen LogP contribution in [-0.2, 0) is 0 Å². The number of nitrogens with two attached hydrogens (primary N) is 1. The fourth-order valence-electron chi connectivity index (χ4n) is 1.17. The number of carbonyl (C=O) groups excluding carboxylic acids is 1. The van der Waals surface area contributed by atoms with Crippen LogP contribution in [0.4, 0.5) is 11.5 Å². The summed E-state index contributed by atoms with van der Waals surface area (Å²) in [7, 11) is 0. The molecule has 0 aliphatic carbocycles. The number of nitrogen functional groups attached to an aromatic ring is 1. The molecule has 2 aromatic rings. The van der Waals surface area contributed by atoms with E-state index in [1.54, 1.807) is 6.07 Å². The number of carbonyl (C=O) groups is 1. The number of hydrogen-bond acceptors (Lipinski definition) is 5. The number of halogens is 1. The Balaban J connectivity index is 2.24.